The number of ketones is 1. The lowest BCUT2D eigenvalue weighted by atomic mass is 10.1. The van der Waals surface area contributed by atoms with E-state index in [4.69, 9.17) is 11.6 Å². The van der Waals surface area contributed by atoms with E-state index in [0.717, 1.165) is 19.0 Å². The molecule has 1 aromatic heterocycles. The van der Waals surface area contributed by atoms with Crippen LogP contribution in [0.5, 0.6) is 0 Å². The van der Waals surface area contributed by atoms with Gasteiger partial charge in [-0.1, -0.05) is 18.5 Å². The minimum Gasteiger partial charge on any atom is -0.288 e. The lowest BCUT2D eigenvalue weighted by molar-refractivity contribution is 0.103. The molecule has 0 saturated heterocycles. The predicted molar refractivity (Wildman–Crippen MR) is 67.4 cm³/mol. The van der Waals surface area contributed by atoms with Gasteiger partial charge in [-0.15, -0.1) is 0 Å². The Labute approximate surface area is 109 Å². The zero-order chi connectivity index (χ0) is 13.1. The topological polar surface area (TPSA) is 34.9 Å². The molecule has 0 aliphatic rings. The summed E-state index contributed by atoms with van der Waals surface area (Å²) in [7, 11) is 0. The largest absolute Gasteiger partial charge is 0.288 e. The molecule has 0 radical (unpaired) electrons. The van der Waals surface area contributed by atoms with Crippen LogP contribution in [0.1, 0.15) is 29.3 Å². The third kappa shape index (κ3) is 2.59. The van der Waals surface area contributed by atoms with Crippen molar-refractivity contribution in [3.05, 3.63) is 52.6 Å². The normalized spacial score (nSPS) is 10.6. The number of aromatic nitrogens is 2. The number of hydrogen-bond acceptors (Lipinski definition) is 2. The van der Waals surface area contributed by atoms with Gasteiger partial charge in [-0.05, 0) is 24.6 Å². The molecule has 0 aliphatic heterocycles. The van der Waals surface area contributed by atoms with Crippen LogP contribution < -0.4 is 0 Å². The lowest BCUT2D eigenvalue weighted by Gasteiger charge is -2.00. The van der Waals surface area contributed by atoms with Crippen LogP contribution in [0, 0.1) is 5.82 Å². The van der Waals surface area contributed by atoms with Crippen LogP contribution in [0.3, 0.4) is 0 Å². The molecule has 0 saturated carbocycles. The molecule has 0 N–H and O–H groups in total. The van der Waals surface area contributed by atoms with Crippen molar-refractivity contribution >= 4 is 17.4 Å². The molecular formula is C13H12ClFN2O. The van der Waals surface area contributed by atoms with Crippen LogP contribution in [0.25, 0.3) is 0 Å². The van der Waals surface area contributed by atoms with Crippen LogP contribution in [0.2, 0.25) is 5.02 Å². The van der Waals surface area contributed by atoms with E-state index >= 15 is 0 Å². The summed E-state index contributed by atoms with van der Waals surface area (Å²) in [6, 6.07) is 4.02. The summed E-state index contributed by atoms with van der Waals surface area (Å²) < 4.78 is 15.0. The summed E-state index contributed by atoms with van der Waals surface area (Å²) in [5, 5.41) is 4.08. The van der Waals surface area contributed by atoms with Crippen molar-refractivity contribution in [2.45, 2.75) is 19.9 Å². The van der Waals surface area contributed by atoms with E-state index in [-0.39, 0.29) is 16.4 Å². The van der Waals surface area contributed by atoms with Gasteiger partial charge in [0.2, 0.25) is 0 Å². The zero-order valence-electron chi connectivity index (χ0n) is 9.86. The first-order valence-corrected chi connectivity index (χ1v) is 6.02. The molecule has 3 nitrogen and oxygen atoms in total. The molecule has 0 spiro atoms. The summed E-state index contributed by atoms with van der Waals surface area (Å²) in [5.74, 6) is -0.851. The van der Waals surface area contributed by atoms with Gasteiger partial charge in [0.1, 0.15) is 5.82 Å². The summed E-state index contributed by atoms with van der Waals surface area (Å²) >= 11 is 5.57. The fourth-order valence-electron chi connectivity index (χ4n) is 1.64. The van der Waals surface area contributed by atoms with Crippen LogP contribution in [-0.2, 0) is 6.54 Å². The number of carbonyl (C=O) groups is 1. The van der Waals surface area contributed by atoms with Gasteiger partial charge in [-0.2, -0.15) is 5.10 Å². The first-order chi connectivity index (χ1) is 8.61. The predicted octanol–water partition coefficient (Wildman–Crippen LogP) is 3.32. The number of rotatable bonds is 4. The van der Waals surface area contributed by atoms with Gasteiger partial charge in [0, 0.05) is 18.3 Å². The molecule has 0 atom stereocenters. The first-order valence-electron chi connectivity index (χ1n) is 5.64. The smallest absolute Gasteiger partial charge is 0.196 e. The number of carbonyl (C=O) groups excluding carboxylic acids is 1. The number of halogens is 2. The second kappa shape index (κ2) is 5.31. The van der Waals surface area contributed by atoms with Gasteiger partial charge in [-0.3, -0.25) is 9.48 Å². The Hall–Kier alpha value is -1.68. The van der Waals surface area contributed by atoms with Gasteiger partial charge in [-0.25, -0.2) is 4.39 Å². The van der Waals surface area contributed by atoms with E-state index in [2.05, 4.69) is 5.10 Å². The Bertz CT molecular complexity index is 580. The van der Waals surface area contributed by atoms with Crippen molar-refractivity contribution in [2.75, 3.05) is 0 Å². The lowest BCUT2D eigenvalue weighted by Crippen LogP contribution is -2.01. The third-order valence-corrected chi connectivity index (χ3v) is 2.84. The molecule has 0 unspecified atom stereocenters. The Kier molecular flexibility index (Phi) is 3.77. The minimum absolute atomic E-state index is 0.00762. The fourth-order valence-corrected chi connectivity index (χ4v) is 1.75. The van der Waals surface area contributed by atoms with Crippen molar-refractivity contribution in [3.8, 4) is 0 Å². The molecule has 0 amide bonds. The maximum atomic E-state index is 13.3. The Morgan fingerprint density at radius 1 is 1.44 bits per heavy atom. The average molecular weight is 267 g/mol. The third-order valence-electron chi connectivity index (χ3n) is 2.53. The van der Waals surface area contributed by atoms with E-state index < -0.39 is 5.82 Å². The maximum absolute atomic E-state index is 13.3. The molecule has 1 aromatic carbocycles. The summed E-state index contributed by atoms with van der Waals surface area (Å²) in [5.41, 5.74) is 0.720. The van der Waals surface area contributed by atoms with Crippen LogP contribution in [-0.4, -0.2) is 15.6 Å². The zero-order valence-corrected chi connectivity index (χ0v) is 10.6. The van der Waals surface area contributed by atoms with Gasteiger partial charge in [0.05, 0.1) is 16.8 Å². The number of aryl methyl sites for hydroxylation is 1. The van der Waals surface area contributed by atoms with Crippen LogP contribution in [0.4, 0.5) is 4.39 Å². The highest BCUT2D eigenvalue weighted by Gasteiger charge is 2.13. The second-order valence-electron chi connectivity index (χ2n) is 3.95. The monoisotopic (exact) mass is 266 g/mol. The highest BCUT2D eigenvalue weighted by atomic mass is 35.5. The van der Waals surface area contributed by atoms with Gasteiger partial charge in [0.15, 0.2) is 5.78 Å². The van der Waals surface area contributed by atoms with E-state index in [1.54, 1.807) is 10.9 Å². The van der Waals surface area contributed by atoms with Crippen LogP contribution in [0.15, 0.2) is 30.6 Å². The second-order valence-corrected chi connectivity index (χ2v) is 4.36. The molecule has 1 heterocycles. The SMILES string of the molecule is CCCn1cc(C(=O)c2ccc(Cl)c(F)c2)cn1. The number of nitrogens with zero attached hydrogens (tertiary/aromatic N) is 2. The Morgan fingerprint density at radius 2 is 2.22 bits per heavy atom. The van der Waals surface area contributed by atoms with Crippen molar-refractivity contribution in [1.82, 2.24) is 9.78 Å². The highest BCUT2D eigenvalue weighted by molar-refractivity contribution is 6.30. The number of benzene rings is 1. The standard InChI is InChI=1S/C13H12ClFN2O/c1-2-5-17-8-10(7-16-17)13(18)9-3-4-11(14)12(15)6-9/h3-4,6-8H,2,5H2,1H3. The van der Waals surface area contributed by atoms with Crippen molar-refractivity contribution < 1.29 is 9.18 Å². The van der Waals surface area contributed by atoms with Crippen LogP contribution >= 0.6 is 11.6 Å². The Morgan fingerprint density at radius 3 is 2.89 bits per heavy atom. The first kappa shape index (κ1) is 12.8. The molecule has 2 aromatic rings. The van der Waals surface area contributed by atoms with Gasteiger partial charge in [0.25, 0.3) is 0 Å². The van der Waals surface area contributed by atoms with E-state index in [1.807, 2.05) is 6.92 Å². The van der Waals surface area contributed by atoms with Gasteiger partial charge < -0.3 is 0 Å². The van der Waals surface area contributed by atoms with E-state index in [0.29, 0.717) is 5.56 Å². The number of hydrogen-bond donors (Lipinski definition) is 0. The van der Waals surface area contributed by atoms with E-state index in [1.165, 1.54) is 18.3 Å². The summed E-state index contributed by atoms with van der Waals surface area (Å²) in [4.78, 5) is 12.1. The van der Waals surface area contributed by atoms with Crippen molar-refractivity contribution in [1.29, 1.82) is 0 Å². The molecule has 5 heteroatoms. The molecule has 0 aliphatic carbocycles. The molecule has 2 rings (SSSR count). The molecule has 0 fully saturated rings. The quantitative estimate of drug-likeness (QED) is 0.796. The minimum atomic E-state index is -0.594. The summed E-state index contributed by atoms with van der Waals surface area (Å²) in [6.45, 7) is 2.78. The summed E-state index contributed by atoms with van der Waals surface area (Å²) in [6.07, 6.45) is 4.09. The molecular weight excluding hydrogens is 255 g/mol. The highest BCUT2D eigenvalue weighted by Crippen LogP contribution is 2.17. The molecule has 18 heavy (non-hydrogen) atoms. The molecule has 94 valence electrons. The molecule has 0 bridgehead atoms. The van der Waals surface area contributed by atoms with Crippen molar-refractivity contribution in [3.63, 3.8) is 0 Å². The Balaban J connectivity index is 2.26. The van der Waals surface area contributed by atoms with Crippen molar-refractivity contribution in [2.24, 2.45) is 0 Å². The van der Waals surface area contributed by atoms with E-state index in [9.17, 15) is 9.18 Å². The van der Waals surface area contributed by atoms with Gasteiger partial charge >= 0.3 is 0 Å². The average Bonchev–Trinajstić information content (AvgIpc) is 2.81. The maximum Gasteiger partial charge on any atom is 0.196 e. The fraction of sp³-hybridized carbons (Fsp3) is 0.231.